The van der Waals surface area contributed by atoms with Gasteiger partial charge in [-0.1, -0.05) is 38.1 Å². The first-order valence-corrected chi connectivity index (χ1v) is 6.22. The van der Waals surface area contributed by atoms with Gasteiger partial charge in [0.1, 0.15) is 3.82 Å². The third-order valence-corrected chi connectivity index (χ3v) is 5.14. The van der Waals surface area contributed by atoms with E-state index in [0.717, 1.165) is 33.7 Å². The highest BCUT2D eigenvalue weighted by Gasteiger charge is 2.19. The molecule has 0 spiro atoms. The van der Waals surface area contributed by atoms with Crippen LogP contribution in [0.25, 0.3) is 0 Å². The summed E-state index contributed by atoms with van der Waals surface area (Å²) in [6, 6.07) is 0. The summed E-state index contributed by atoms with van der Waals surface area (Å²) >= 11 is 5.17. The number of oxime groups is 1. The maximum Gasteiger partial charge on any atom is 0.105 e. The molecular weight excluding hydrogens is 210 g/mol. The van der Waals surface area contributed by atoms with Crippen molar-refractivity contribution in [1.82, 2.24) is 0 Å². The van der Waals surface area contributed by atoms with Gasteiger partial charge in [-0.05, 0) is 19.3 Å². The lowest BCUT2D eigenvalue weighted by Gasteiger charge is -2.10. The molecule has 0 unspecified atom stereocenters. The molecule has 0 radical (unpaired) electrons. The Labute approximate surface area is 82.6 Å². The standard InChI is InChI=1S/C7H7NOS3/c9-8-5-3-1-2-4-6(5)11-12-7(4)10/h9H,1-3H2/b8-5-. The SMILES string of the molecule is O/N=C1/CCCc2c1ssc2=S. The summed E-state index contributed by atoms with van der Waals surface area (Å²) in [7, 11) is 3.24. The van der Waals surface area contributed by atoms with Crippen molar-refractivity contribution in [1.29, 1.82) is 0 Å². The molecule has 0 saturated carbocycles. The van der Waals surface area contributed by atoms with Gasteiger partial charge in [0, 0.05) is 5.56 Å². The number of hydrogen-bond donors (Lipinski definition) is 1. The lowest BCUT2D eigenvalue weighted by molar-refractivity contribution is 0.317. The van der Waals surface area contributed by atoms with Crippen molar-refractivity contribution in [3.8, 4) is 0 Å². The monoisotopic (exact) mass is 217 g/mol. The zero-order valence-corrected chi connectivity index (χ0v) is 8.69. The van der Waals surface area contributed by atoms with E-state index in [1.54, 1.807) is 20.7 Å². The fraction of sp³-hybridized carbons (Fsp3) is 0.429. The van der Waals surface area contributed by atoms with Crippen LogP contribution in [0.1, 0.15) is 23.3 Å². The zero-order valence-electron chi connectivity index (χ0n) is 6.24. The first kappa shape index (κ1) is 8.34. The summed E-state index contributed by atoms with van der Waals surface area (Å²) in [6.07, 6.45) is 2.98. The number of fused-ring (bicyclic) bond motifs is 1. The first-order chi connectivity index (χ1) is 5.83. The molecule has 2 rings (SSSR count). The second kappa shape index (κ2) is 3.24. The van der Waals surface area contributed by atoms with Crippen molar-refractivity contribution in [3.63, 3.8) is 0 Å². The van der Waals surface area contributed by atoms with E-state index < -0.39 is 0 Å². The van der Waals surface area contributed by atoms with Gasteiger partial charge in [0.25, 0.3) is 0 Å². The molecule has 1 aliphatic rings. The molecule has 64 valence electrons. The fourth-order valence-corrected chi connectivity index (χ4v) is 4.37. The van der Waals surface area contributed by atoms with Gasteiger partial charge >= 0.3 is 0 Å². The van der Waals surface area contributed by atoms with Gasteiger partial charge < -0.3 is 5.21 Å². The van der Waals surface area contributed by atoms with E-state index >= 15 is 0 Å². The second-order valence-corrected chi connectivity index (χ2v) is 5.48. The summed E-state index contributed by atoms with van der Waals surface area (Å²) in [5, 5.41) is 12.0. The normalized spacial score (nSPS) is 19.5. The van der Waals surface area contributed by atoms with Crippen LogP contribution in [0.3, 0.4) is 0 Å². The van der Waals surface area contributed by atoms with E-state index in [1.807, 2.05) is 0 Å². The smallest absolute Gasteiger partial charge is 0.105 e. The van der Waals surface area contributed by atoms with E-state index in [0.29, 0.717) is 0 Å². The highest BCUT2D eigenvalue weighted by molar-refractivity contribution is 7.79. The molecule has 5 heteroatoms. The van der Waals surface area contributed by atoms with Crippen molar-refractivity contribution in [2.75, 3.05) is 0 Å². The van der Waals surface area contributed by atoms with Gasteiger partial charge in [-0.2, -0.15) is 0 Å². The Hall–Kier alpha value is -0.260. The molecule has 1 aromatic rings. The van der Waals surface area contributed by atoms with Crippen LogP contribution in [-0.4, -0.2) is 10.9 Å². The van der Waals surface area contributed by atoms with Crippen molar-refractivity contribution in [3.05, 3.63) is 14.3 Å². The Kier molecular flexibility index (Phi) is 2.25. The topological polar surface area (TPSA) is 32.6 Å². The van der Waals surface area contributed by atoms with Crippen molar-refractivity contribution in [2.45, 2.75) is 19.3 Å². The van der Waals surface area contributed by atoms with Crippen LogP contribution < -0.4 is 0 Å². The fourth-order valence-electron chi connectivity index (χ4n) is 1.35. The van der Waals surface area contributed by atoms with Crippen LogP contribution in [-0.2, 0) is 6.42 Å². The summed E-state index contributed by atoms with van der Waals surface area (Å²) in [5.74, 6) is 0. The predicted molar refractivity (Wildman–Crippen MR) is 54.3 cm³/mol. The molecular formula is C7H7NOS3. The highest BCUT2D eigenvalue weighted by atomic mass is 32.9. The lowest BCUT2D eigenvalue weighted by Crippen LogP contribution is -2.08. The maximum atomic E-state index is 8.71. The molecule has 1 heterocycles. The summed E-state index contributed by atoms with van der Waals surface area (Å²) in [4.78, 5) is 1.11. The van der Waals surface area contributed by atoms with Crippen LogP contribution >= 0.6 is 32.9 Å². The van der Waals surface area contributed by atoms with E-state index in [1.165, 1.54) is 5.56 Å². The largest absolute Gasteiger partial charge is 0.411 e. The minimum atomic E-state index is 0.814. The predicted octanol–water partition coefficient (Wildman–Crippen LogP) is 3.05. The molecule has 0 aliphatic heterocycles. The molecule has 0 amide bonds. The van der Waals surface area contributed by atoms with Gasteiger partial charge in [-0.15, -0.1) is 0 Å². The molecule has 12 heavy (non-hydrogen) atoms. The van der Waals surface area contributed by atoms with Gasteiger partial charge in [0.15, 0.2) is 0 Å². The van der Waals surface area contributed by atoms with Crippen molar-refractivity contribution >= 4 is 38.6 Å². The van der Waals surface area contributed by atoms with E-state index in [2.05, 4.69) is 5.16 Å². The Balaban J connectivity index is 2.60. The number of rotatable bonds is 0. The Bertz CT molecular complexity index is 376. The third-order valence-electron chi connectivity index (χ3n) is 1.94. The molecule has 0 aromatic carbocycles. The summed E-state index contributed by atoms with van der Waals surface area (Å²) < 4.78 is 0.968. The minimum absolute atomic E-state index is 0.814. The van der Waals surface area contributed by atoms with Gasteiger partial charge in [0.2, 0.25) is 0 Å². The highest BCUT2D eigenvalue weighted by Crippen LogP contribution is 2.31. The van der Waals surface area contributed by atoms with Crippen LogP contribution in [0.5, 0.6) is 0 Å². The maximum absolute atomic E-state index is 8.71. The molecule has 1 aromatic heterocycles. The zero-order chi connectivity index (χ0) is 8.55. The van der Waals surface area contributed by atoms with Gasteiger partial charge in [0.05, 0.1) is 10.6 Å². The van der Waals surface area contributed by atoms with E-state index in [9.17, 15) is 0 Å². The van der Waals surface area contributed by atoms with E-state index in [-0.39, 0.29) is 0 Å². The molecule has 0 bridgehead atoms. The third kappa shape index (κ3) is 1.22. The Morgan fingerprint density at radius 3 is 2.92 bits per heavy atom. The molecule has 2 nitrogen and oxygen atoms in total. The van der Waals surface area contributed by atoms with Gasteiger partial charge in [-0.25, -0.2) is 0 Å². The minimum Gasteiger partial charge on any atom is -0.411 e. The van der Waals surface area contributed by atoms with Crippen LogP contribution in [0, 0.1) is 3.82 Å². The van der Waals surface area contributed by atoms with E-state index in [4.69, 9.17) is 17.4 Å². The van der Waals surface area contributed by atoms with Crippen molar-refractivity contribution < 1.29 is 5.21 Å². The molecule has 0 saturated heterocycles. The quantitative estimate of drug-likeness (QED) is 0.313. The molecule has 0 fully saturated rings. The van der Waals surface area contributed by atoms with Crippen LogP contribution in [0.15, 0.2) is 5.16 Å². The lowest BCUT2D eigenvalue weighted by atomic mass is 9.99. The molecule has 0 atom stereocenters. The average Bonchev–Trinajstić information content (AvgIpc) is 2.48. The first-order valence-electron chi connectivity index (χ1n) is 3.66. The molecule has 1 N–H and O–H groups in total. The number of hydrogen-bond acceptors (Lipinski definition) is 5. The molecule has 1 aliphatic carbocycles. The van der Waals surface area contributed by atoms with Crippen molar-refractivity contribution in [2.24, 2.45) is 5.16 Å². The van der Waals surface area contributed by atoms with Gasteiger partial charge in [-0.3, -0.25) is 0 Å². The Morgan fingerprint density at radius 2 is 2.17 bits per heavy atom. The Morgan fingerprint density at radius 1 is 1.33 bits per heavy atom. The summed E-state index contributed by atoms with van der Waals surface area (Å²) in [6.45, 7) is 0. The van der Waals surface area contributed by atoms with Crippen LogP contribution in [0.4, 0.5) is 0 Å². The second-order valence-electron chi connectivity index (χ2n) is 2.66. The number of nitrogens with zero attached hydrogens (tertiary/aromatic N) is 1. The average molecular weight is 217 g/mol. The van der Waals surface area contributed by atoms with Crippen LogP contribution in [0.2, 0.25) is 0 Å². The summed E-state index contributed by atoms with van der Waals surface area (Å²) in [5.41, 5.74) is 2.03.